The van der Waals surface area contributed by atoms with Crippen molar-refractivity contribution in [3.8, 4) is 0 Å². The molecule has 0 N–H and O–H groups in total. The van der Waals surface area contributed by atoms with Gasteiger partial charge in [0.05, 0.1) is 6.04 Å². The second-order valence-corrected chi connectivity index (χ2v) is 3.00. The van der Waals surface area contributed by atoms with E-state index in [2.05, 4.69) is 4.99 Å². The van der Waals surface area contributed by atoms with E-state index < -0.39 is 5.97 Å². The fraction of sp³-hybridized carbons (Fsp3) is 0.200. The molecular formula is C10H8NO2-. The van der Waals surface area contributed by atoms with Gasteiger partial charge in [0.15, 0.2) is 0 Å². The smallest absolute Gasteiger partial charge is 0.0807 e. The molecule has 0 aliphatic carbocycles. The van der Waals surface area contributed by atoms with Gasteiger partial charge in [-0.15, -0.1) is 0 Å². The molecule has 0 unspecified atom stereocenters. The molecule has 0 spiro atoms. The van der Waals surface area contributed by atoms with Crippen molar-refractivity contribution in [1.82, 2.24) is 0 Å². The predicted octanol–water partition coefficient (Wildman–Crippen LogP) is 0.300. The Labute approximate surface area is 75.7 Å². The lowest BCUT2D eigenvalue weighted by Gasteiger charge is -2.09. The molecule has 66 valence electrons. The summed E-state index contributed by atoms with van der Waals surface area (Å²) in [6.07, 6.45) is 1.68. The van der Waals surface area contributed by atoms with Crippen molar-refractivity contribution in [1.29, 1.82) is 0 Å². The average molecular weight is 174 g/mol. The number of hydrogen-bond acceptors (Lipinski definition) is 3. The summed E-state index contributed by atoms with van der Waals surface area (Å²) >= 11 is 0. The van der Waals surface area contributed by atoms with Crippen molar-refractivity contribution in [2.24, 2.45) is 4.99 Å². The largest absolute Gasteiger partial charge is 0.550 e. The SMILES string of the molecule is O=C([O-])C[C@@H]1N=Cc2ccccc21. The number of fused-ring (bicyclic) bond motifs is 1. The maximum absolute atomic E-state index is 10.4. The number of benzene rings is 1. The van der Waals surface area contributed by atoms with Crippen molar-refractivity contribution >= 4 is 12.2 Å². The van der Waals surface area contributed by atoms with Crippen LogP contribution in [-0.2, 0) is 4.79 Å². The Bertz CT molecular complexity index is 371. The molecule has 3 nitrogen and oxygen atoms in total. The first-order valence-corrected chi connectivity index (χ1v) is 4.09. The van der Waals surface area contributed by atoms with Crippen LogP contribution in [0, 0.1) is 0 Å². The van der Waals surface area contributed by atoms with Crippen molar-refractivity contribution < 1.29 is 9.90 Å². The van der Waals surface area contributed by atoms with Crippen molar-refractivity contribution in [2.75, 3.05) is 0 Å². The number of carboxylic acids is 1. The first kappa shape index (κ1) is 7.98. The summed E-state index contributed by atoms with van der Waals surface area (Å²) < 4.78 is 0. The van der Waals surface area contributed by atoms with Gasteiger partial charge in [0.25, 0.3) is 0 Å². The highest BCUT2D eigenvalue weighted by Gasteiger charge is 2.17. The van der Waals surface area contributed by atoms with Crippen LogP contribution in [0.5, 0.6) is 0 Å². The van der Waals surface area contributed by atoms with Crippen LogP contribution in [0.4, 0.5) is 0 Å². The lowest BCUT2D eigenvalue weighted by atomic mass is 10.0. The van der Waals surface area contributed by atoms with E-state index in [1.807, 2.05) is 24.3 Å². The zero-order valence-electron chi connectivity index (χ0n) is 6.93. The third kappa shape index (κ3) is 1.45. The molecule has 0 radical (unpaired) electrons. The molecule has 2 rings (SSSR count). The zero-order chi connectivity index (χ0) is 9.26. The molecule has 1 aromatic carbocycles. The molecule has 1 aliphatic rings. The van der Waals surface area contributed by atoms with Gasteiger partial charge >= 0.3 is 0 Å². The van der Waals surface area contributed by atoms with Crippen LogP contribution in [0.25, 0.3) is 0 Å². The molecule has 1 atom stereocenters. The Balaban J connectivity index is 2.28. The molecule has 0 aromatic heterocycles. The van der Waals surface area contributed by atoms with Gasteiger partial charge in [-0.3, -0.25) is 4.99 Å². The van der Waals surface area contributed by atoms with E-state index in [9.17, 15) is 9.90 Å². The Hall–Kier alpha value is -1.64. The van der Waals surface area contributed by atoms with E-state index in [1.54, 1.807) is 6.21 Å². The minimum atomic E-state index is -1.06. The lowest BCUT2D eigenvalue weighted by Crippen LogP contribution is -2.23. The monoisotopic (exact) mass is 174 g/mol. The Kier molecular flexibility index (Phi) is 1.85. The van der Waals surface area contributed by atoms with Crippen LogP contribution in [0.1, 0.15) is 23.6 Å². The van der Waals surface area contributed by atoms with Gasteiger partial charge in [0, 0.05) is 18.6 Å². The summed E-state index contributed by atoms with van der Waals surface area (Å²) in [5.74, 6) is -1.06. The van der Waals surface area contributed by atoms with Crippen LogP contribution in [-0.4, -0.2) is 12.2 Å². The van der Waals surface area contributed by atoms with E-state index in [-0.39, 0.29) is 12.5 Å². The summed E-state index contributed by atoms with van der Waals surface area (Å²) in [5.41, 5.74) is 1.99. The average Bonchev–Trinajstić information content (AvgIpc) is 2.48. The molecule has 0 bridgehead atoms. The van der Waals surface area contributed by atoms with Crippen LogP contribution >= 0.6 is 0 Å². The number of aliphatic imine (C=N–C) groups is 1. The normalized spacial score (nSPS) is 18.6. The molecule has 13 heavy (non-hydrogen) atoms. The quantitative estimate of drug-likeness (QED) is 0.647. The fourth-order valence-corrected chi connectivity index (χ4v) is 1.50. The minimum absolute atomic E-state index is 0.0342. The van der Waals surface area contributed by atoms with E-state index >= 15 is 0 Å². The number of carbonyl (C=O) groups excluding carboxylic acids is 1. The van der Waals surface area contributed by atoms with Gasteiger partial charge < -0.3 is 9.90 Å². The highest BCUT2D eigenvalue weighted by atomic mass is 16.4. The van der Waals surface area contributed by atoms with Gasteiger partial charge in [-0.25, -0.2) is 0 Å². The summed E-state index contributed by atoms with van der Waals surface area (Å²) in [7, 11) is 0. The van der Waals surface area contributed by atoms with Crippen molar-refractivity contribution in [3.63, 3.8) is 0 Å². The topological polar surface area (TPSA) is 52.5 Å². The Morgan fingerprint density at radius 2 is 2.23 bits per heavy atom. The second-order valence-electron chi connectivity index (χ2n) is 3.00. The van der Waals surface area contributed by atoms with Gasteiger partial charge in [0.2, 0.25) is 0 Å². The minimum Gasteiger partial charge on any atom is -0.550 e. The van der Waals surface area contributed by atoms with E-state index in [4.69, 9.17) is 0 Å². The number of nitrogens with zero attached hydrogens (tertiary/aromatic N) is 1. The molecule has 1 heterocycles. The van der Waals surface area contributed by atoms with Gasteiger partial charge in [-0.2, -0.15) is 0 Å². The van der Waals surface area contributed by atoms with Gasteiger partial charge in [-0.05, 0) is 11.1 Å². The fourth-order valence-electron chi connectivity index (χ4n) is 1.50. The van der Waals surface area contributed by atoms with E-state index in [0.29, 0.717) is 0 Å². The molecule has 0 fully saturated rings. The molecule has 3 heteroatoms. The van der Waals surface area contributed by atoms with Crippen LogP contribution in [0.15, 0.2) is 29.3 Å². The summed E-state index contributed by atoms with van der Waals surface area (Å²) in [6, 6.07) is 7.37. The van der Waals surface area contributed by atoms with Crippen LogP contribution in [0.3, 0.4) is 0 Å². The highest BCUT2D eigenvalue weighted by molar-refractivity contribution is 5.86. The van der Waals surface area contributed by atoms with Gasteiger partial charge in [-0.1, -0.05) is 24.3 Å². The summed E-state index contributed by atoms with van der Waals surface area (Å²) in [6.45, 7) is 0. The number of hydrogen-bond donors (Lipinski definition) is 0. The maximum Gasteiger partial charge on any atom is 0.0807 e. The lowest BCUT2D eigenvalue weighted by molar-refractivity contribution is -0.306. The third-order valence-corrected chi connectivity index (χ3v) is 2.11. The Morgan fingerprint density at radius 1 is 1.46 bits per heavy atom. The summed E-state index contributed by atoms with van der Waals surface area (Å²) in [5, 5.41) is 10.4. The standard InChI is InChI=1S/C10H9NO2/c12-10(13)5-9-8-4-2-1-3-7(8)6-11-9/h1-4,6,9H,5H2,(H,12,13)/p-1/t9-/m0/s1. The molecule has 1 aliphatic heterocycles. The molecule has 0 amide bonds. The zero-order valence-corrected chi connectivity index (χ0v) is 6.93. The van der Waals surface area contributed by atoms with Crippen molar-refractivity contribution in [2.45, 2.75) is 12.5 Å². The highest BCUT2D eigenvalue weighted by Crippen LogP contribution is 2.28. The molecular weight excluding hydrogens is 166 g/mol. The molecule has 1 aromatic rings. The van der Waals surface area contributed by atoms with Crippen LogP contribution in [0.2, 0.25) is 0 Å². The first-order valence-electron chi connectivity index (χ1n) is 4.09. The van der Waals surface area contributed by atoms with Crippen LogP contribution < -0.4 is 5.11 Å². The molecule has 0 saturated heterocycles. The third-order valence-electron chi connectivity index (χ3n) is 2.11. The first-order chi connectivity index (χ1) is 6.27. The number of aliphatic carboxylic acids is 1. The van der Waals surface area contributed by atoms with E-state index in [0.717, 1.165) is 11.1 Å². The van der Waals surface area contributed by atoms with E-state index in [1.165, 1.54) is 0 Å². The molecule has 0 saturated carbocycles. The number of carboxylic acid groups (broad SMARTS) is 1. The predicted molar refractivity (Wildman–Crippen MR) is 46.4 cm³/mol. The summed E-state index contributed by atoms with van der Waals surface area (Å²) in [4.78, 5) is 14.5. The maximum atomic E-state index is 10.4. The number of rotatable bonds is 2. The Morgan fingerprint density at radius 3 is 3.00 bits per heavy atom. The second kappa shape index (κ2) is 3.01. The number of carbonyl (C=O) groups is 1. The van der Waals surface area contributed by atoms with Crippen molar-refractivity contribution in [3.05, 3.63) is 35.4 Å². The van der Waals surface area contributed by atoms with Gasteiger partial charge in [0.1, 0.15) is 0 Å².